The second-order valence-corrected chi connectivity index (χ2v) is 4.48. The summed E-state index contributed by atoms with van der Waals surface area (Å²) in [6.07, 6.45) is 0. The first-order valence-corrected chi connectivity index (χ1v) is 5.20. The van der Waals surface area contributed by atoms with E-state index in [2.05, 4.69) is 5.32 Å². The molecule has 0 saturated heterocycles. The van der Waals surface area contributed by atoms with Crippen molar-refractivity contribution in [2.45, 2.75) is 13.8 Å². The summed E-state index contributed by atoms with van der Waals surface area (Å²) in [5, 5.41) is 11.8. The van der Waals surface area contributed by atoms with Crippen LogP contribution in [0.3, 0.4) is 0 Å². The molecule has 0 spiro atoms. The lowest BCUT2D eigenvalue weighted by atomic mass is 9.92. The molecular weight excluding hydrogens is 220 g/mol. The molecule has 0 unspecified atom stereocenters. The third-order valence-electron chi connectivity index (χ3n) is 2.53. The lowest BCUT2D eigenvalue weighted by Crippen LogP contribution is -2.37. The molecule has 5 heteroatoms. The largest absolute Gasteiger partial charge is 0.478 e. The third kappa shape index (κ3) is 3.48. The number of carboxylic acids is 1. The highest BCUT2D eigenvalue weighted by Gasteiger charge is 2.24. The molecular formula is C12H16N2O3. The fraction of sp³-hybridized carbons (Fsp3) is 0.333. The molecule has 0 aliphatic carbocycles. The van der Waals surface area contributed by atoms with Crippen molar-refractivity contribution in [1.29, 1.82) is 0 Å². The standard InChI is InChI=1S/C12H16N2O3/c1-12(2,11(13)17)7-14-9-5-3-8(4-6-9)10(15)16/h3-6,14H,7H2,1-2H3,(H2,13,17)(H,15,16). The molecule has 0 heterocycles. The first-order chi connectivity index (χ1) is 7.83. The molecule has 92 valence electrons. The molecule has 1 aromatic rings. The molecule has 0 radical (unpaired) electrons. The first kappa shape index (κ1) is 13.0. The van der Waals surface area contributed by atoms with Crippen molar-refractivity contribution in [1.82, 2.24) is 0 Å². The van der Waals surface area contributed by atoms with E-state index in [-0.39, 0.29) is 11.5 Å². The van der Waals surface area contributed by atoms with E-state index >= 15 is 0 Å². The van der Waals surface area contributed by atoms with Gasteiger partial charge < -0.3 is 16.2 Å². The van der Waals surface area contributed by atoms with E-state index in [1.807, 2.05) is 0 Å². The van der Waals surface area contributed by atoms with Gasteiger partial charge in [-0.3, -0.25) is 4.79 Å². The minimum atomic E-state index is -0.964. The van der Waals surface area contributed by atoms with Crippen LogP contribution in [0.4, 0.5) is 5.69 Å². The summed E-state index contributed by atoms with van der Waals surface area (Å²) in [6, 6.07) is 6.31. The molecule has 17 heavy (non-hydrogen) atoms. The summed E-state index contributed by atoms with van der Waals surface area (Å²) in [6.45, 7) is 3.89. The van der Waals surface area contributed by atoms with Gasteiger partial charge in [-0.1, -0.05) is 0 Å². The highest BCUT2D eigenvalue weighted by molar-refractivity contribution is 5.88. The second-order valence-electron chi connectivity index (χ2n) is 4.48. The van der Waals surface area contributed by atoms with E-state index in [4.69, 9.17) is 10.8 Å². The van der Waals surface area contributed by atoms with Gasteiger partial charge in [-0.25, -0.2) is 4.79 Å². The number of carboxylic acid groups (broad SMARTS) is 1. The van der Waals surface area contributed by atoms with Gasteiger partial charge in [0.15, 0.2) is 0 Å². The zero-order valence-corrected chi connectivity index (χ0v) is 9.86. The quantitative estimate of drug-likeness (QED) is 0.718. The molecule has 0 aromatic heterocycles. The van der Waals surface area contributed by atoms with Crippen LogP contribution < -0.4 is 11.1 Å². The topological polar surface area (TPSA) is 92.4 Å². The number of nitrogens with one attached hydrogen (secondary N) is 1. The van der Waals surface area contributed by atoms with Crippen molar-refractivity contribution < 1.29 is 14.7 Å². The number of primary amides is 1. The number of rotatable bonds is 5. The van der Waals surface area contributed by atoms with E-state index in [0.717, 1.165) is 5.69 Å². The van der Waals surface area contributed by atoms with Gasteiger partial charge in [0.05, 0.1) is 11.0 Å². The van der Waals surface area contributed by atoms with Crippen LogP contribution in [0.1, 0.15) is 24.2 Å². The third-order valence-corrected chi connectivity index (χ3v) is 2.53. The number of nitrogens with two attached hydrogens (primary N) is 1. The fourth-order valence-corrected chi connectivity index (χ4v) is 1.14. The van der Waals surface area contributed by atoms with Crippen molar-refractivity contribution in [3.8, 4) is 0 Å². The number of benzene rings is 1. The van der Waals surface area contributed by atoms with E-state index in [9.17, 15) is 9.59 Å². The number of carbonyl (C=O) groups excluding carboxylic acids is 1. The van der Waals surface area contributed by atoms with Crippen molar-refractivity contribution in [2.75, 3.05) is 11.9 Å². The van der Waals surface area contributed by atoms with E-state index in [0.29, 0.717) is 6.54 Å². The molecule has 1 aromatic carbocycles. The van der Waals surface area contributed by atoms with Crippen LogP contribution in [0.25, 0.3) is 0 Å². The predicted octanol–water partition coefficient (Wildman–Crippen LogP) is 1.31. The molecule has 1 rings (SSSR count). The maximum Gasteiger partial charge on any atom is 0.335 e. The SMILES string of the molecule is CC(C)(CNc1ccc(C(=O)O)cc1)C(N)=O. The molecule has 0 aliphatic heterocycles. The number of aromatic carboxylic acids is 1. The first-order valence-electron chi connectivity index (χ1n) is 5.20. The molecule has 4 N–H and O–H groups in total. The molecule has 0 aliphatic rings. The van der Waals surface area contributed by atoms with Gasteiger partial charge in [0.2, 0.25) is 5.91 Å². The maximum absolute atomic E-state index is 11.1. The van der Waals surface area contributed by atoms with Crippen LogP contribution in [0.15, 0.2) is 24.3 Å². The van der Waals surface area contributed by atoms with Crippen molar-refractivity contribution in [3.63, 3.8) is 0 Å². The zero-order chi connectivity index (χ0) is 13.1. The Morgan fingerprint density at radius 1 is 1.29 bits per heavy atom. The summed E-state index contributed by atoms with van der Waals surface area (Å²) in [5.41, 5.74) is 5.57. The van der Waals surface area contributed by atoms with Crippen molar-refractivity contribution >= 4 is 17.6 Å². The highest BCUT2D eigenvalue weighted by Crippen LogP contribution is 2.16. The van der Waals surface area contributed by atoms with Crippen LogP contribution >= 0.6 is 0 Å². The summed E-state index contributed by atoms with van der Waals surface area (Å²) in [4.78, 5) is 21.7. The smallest absolute Gasteiger partial charge is 0.335 e. The number of hydrogen-bond acceptors (Lipinski definition) is 3. The van der Waals surface area contributed by atoms with Crippen LogP contribution in [0.2, 0.25) is 0 Å². The Kier molecular flexibility index (Phi) is 3.73. The second kappa shape index (κ2) is 4.86. The van der Waals surface area contributed by atoms with Gasteiger partial charge in [0.25, 0.3) is 0 Å². The van der Waals surface area contributed by atoms with Gasteiger partial charge in [-0.2, -0.15) is 0 Å². The average molecular weight is 236 g/mol. The number of carbonyl (C=O) groups is 2. The maximum atomic E-state index is 11.1. The van der Waals surface area contributed by atoms with Crippen molar-refractivity contribution in [2.24, 2.45) is 11.1 Å². The van der Waals surface area contributed by atoms with Gasteiger partial charge >= 0.3 is 5.97 Å². The Labute approximate surface area is 99.6 Å². The van der Waals surface area contributed by atoms with E-state index in [1.165, 1.54) is 12.1 Å². The molecule has 0 saturated carbocycles. The Bertz CT molecular complexity index is 424. The van der Waals surface area contributed by atoms with Crippen LogP contribution in [0.5, 0.6) is 0 Å². The Balaban J connectivity index is 2.65. The Morgan fingerprint density at radius 3 is 2.24 bits per heavy atom. The Morgan fingerprint density at radius 2 is 1.82 bits per heavy atom. The summed E-state index contributed by atoms with van der Waals surface area (Å²) in [5.74, 6) is -1.35. The van der Waals surface area contributed by atoms with E-state index < -0.39 is 11.4 Å². The predicted molar refractivity (Wildman–Crippen MR) is 64.9 cm³/mol. The Hall–Kier alpha value is -2.04. The fourth-order valence-electron chi connectivity index (χ4n) is 1.14. The normalized spacial score (nSPS) is 10.9. The van der Waals surface area contributed by atoms with Gasteiger partial charge in [-0.05, 0) is 38.1 Å². The van der Waals surface area contributed by atoms with Gasteiger partial charge in [0, 0.05) is 12.2 Å². The summed E-state index contributed by atoms with van der Waals surface area (Å²) < 4.78 is 0. The molecule has 1 amide bonds. The van der Waals surface area contributed by atoms with Crippen molar-refractivity contribution in [3.05, 3.63) is 29.8 Å². The van der Waals surface area contributed by atoms with Crippen LogP contribution in [-0.2, 0) is 4.79 Å². The van der Waals surface area contributed by atoms with E-state index in [1.54, 1.807) is 26.0 Å². The highest BCUT2D eigenvalue weighted by atomic mass is 16.4. The minimum absolute atomic E-state index is 0.227. The monoisotopic (exact) mass is 236 g/mol. The zero-order valence-electron chi connectivity index (χ0n) is 9.86. The minimum Gasteiger partial charge on any atom is -0.478 e. The number of hydrogen-bond donors (Lipinski definition) is 3. The number of amides is 1. The summed E-state index contributed by atoms with van der Waals surface area (Å²) in [7, 11) is 0. The van der Waals surface area contributed by atoms with Crippen LogP contribution in [0, 0.1) is 5.41 Å². The lowest BCUT2D eigenvalue weighted by Gasteiger charge is -2.21. The molecule has 0 bridgehead atoms. The molecule has 0 atom stereocenters. The number of anilines is 1. The van der Waals surface area contributed by atoms with Gasteiger partial charge in [0.1, 0.15) is 0 Å². The lowest BCUT2D eigenvalue weighted by molar-refractivity contribution is -0.125. The van der Waals surface area contributed by atoms with Crippen LogP contribution in [-0.4, -0.2) is 23.5 Å². The van der Waals surface area contributed by atoms with Gasteiger partial charge in [-0.15, -0.1) is 0 Å². The molecule has 0 fully saturated rings. The molecule has 5 nitrogen and oxygen atoms in total. The average Bonchev–Trinajstić information content (AvgIpc) is 2.27. The summed E-state index contributed by atoms with van der Waals surface area (Å²) >= 11 is 0.